The van der Waals surface area contributed by atoms with Crippen LogP contribution in [-0.2, 0) is 21.9 Å². The highest BCUT2D eigenvalue weighted by Crippen LogP contribution is 2.34. The summed E-state index contributed by atoms with van der Waals surface area (Å²) in [5.74, 6) is -1.37. The average Bonchev–Trinajstić information content (AvgIpc) is 3.71. The smallest absolute Gasteiger partial charge is 0.336 e. The summed E-state index contributed by atoms with van der Waals surface area (Å²) in [6.45, 7) is 4.29. The minimum atomic E-state index is -4.01. The van der Waals surface area contributed by atoms with E-state index in [2.05, 4.69) is 5.32 Å². The maximum absolute atomic E-state index is 14.9. The number of carbonyl (C=O) groups is 1. The van der Waals surface area contributed by atoms with Gasteiger partial charge in [0, 0.05) is 25.6 Å². The van der Waals surface area contributed by atoms with Gasteiger partial charge in [0.05, 0.1) is 28.8 Å². The number of nitrogens with one attached hydrogen (secondary N) is 1. The summed E-state index contributed by atoms with van der Waals surface area (Å²) in [6.07, 6.45) is 2.06. The van der Waals surface area contributed by atoms with E-state index in [9.17, 15) is 32.0 Å². The highest BCUT2D eigenvalue weighted by atomic mass is 32.2. The Bertz CT molecular complexity index is 2060. The van der Waals surface area contributed by atoms with Crippen LogP contribution in [0.4, 0.5) is 21.6 Å². The number of nitrogens with zero attached hydrogens (tertiary/aromatic N) is 4. The van der Waals surface area contributed by atoms with Gasteiger partial charge in [-0.25, -0.2) is 21.9 Å². The van der Waals surface area contributed by atoms with Crippen LogP contribution in [0, 0.1) is 19.7 Å². The van der Waals surface area contributed by atoms with Gasteiger partial charge in [0.1, 0.15) is 17.0 Å². The molecule has 2 aromatic heterocycles. The topological polar surface area (TPSA) is 132 Å². The lowest BCUT2D eigenvalue weighted by Crippen LogP contribution is -2.41. The van der Waals surface area contributed by atoms with Gasteiger partial charge in [0.15, 0.2) is 0 Å². The first kappa shape index (κ1) is 28.0. The van der Waals surface area contributed by atoms with Crippen LogP contribution in [0.3, 0.4) is 0 Å². The third-order valence-electron chi connectivity index (χ3n) is 7.07. The summed E-state index contributed by atoms with van der Waals surface area (Å²) in [5.41, 5.74) is -1.04. The second-order valence-electron chi connectivity index (χ2n) is 10.3. The van der Waals surface area contributed by atoms with Crippen molar-refractivity contribution in [2.24, 2.45) is 7.05 Å². The first-order valence-corrected chi connectivity index (χ1v) is 14.6. The van der Waals surface area contributed by atoms with Crippen molar-refractivity contribution in [1.82, 2.24) is 13.7 Å². The highest BCUT2D eigenvalue weighted by molar-refractivity contribution is 7.92. The number of carbonyl (C=O) groups excluding carboxylic acids is 1. The lowest BCUT2D eigenvalue weighted by atomic mass is 10.1. The molecule has 214 valence electrons. The van der Waals surface area contributed by atoms with Crippen molar-refractivity contribution in [3.8, 4) is 5.69 Å². The van der Waals surface area contributed by atoms with E-state index in [1.54, 1.807) is 13.0 Å². The minimum Gasteiger partial charge on any atom is -0.338 e. The molecule has 1 N–H and O–H groups in total. The SMILES string of the molecule is CC(=O)N(c1cccc(-n2c(=O)n(C3CC3)c(=O)c3c(Nc4ccc(C)cc4F)n(C)c(=O)c(C)c32)c1)S(C)(=O)=O. The van der Waals surface area contributed by atoms with Gasteiger partial charge in [-0.1, -0.05) is 12.1 Å². The summed E-state index contributed by atoms with van der Waals surface area (Å²) >= 11 is 0. The standard InChI is InChI=1S/C28H28FN5O6S/c1-15-9-12-22(21(29)13-15)30-25-23-24(16(2)26(36)31(25)4)32(28(38)33(27(23)37)18-10-11-18)19-7-6-8-20(14-19)34(17(3)35)41(5,39)40/h6-9,12-14,18,30H,10-11H2,1-5H3. The van der Waals surface area contributed by atoms with E-state index in [0.717, 1.165) is 17.7 Å². The van der Waals surface area contributed by atoms with E-state index >= 15 is 0 Å². The third kappa shape index (κ3) is 4.75. The zero-order valence-corrected chi connectivity index (χ0v) is 23.9. The van der Waals surface area contributed by atoms with Crippen molar-refractivity contribution < 1.29 is 17.6 Å². The second kappa shape index (κ2) is 9.84. The molecule has 0 atom stereocenters. The largest absolute Gasteiger partial charge is 0.338 e. The number of fused-ring (bicyclic) bond motifs is 1. The molecule has 0 radical (unpaired) electrons. The van der Waals surface area contributed by atoms with E-state index in [1.807, 2.05) is 0 Å². The number of aromatic nitrogens is 3. The third-order valence-corrected chi connectivity index (χ3v) is 8.20. The number of pyridine rings is 1. The van der Waals surface area contributed by atoms with Crippen molar-refractivity contribution in [3.05, 3.63) is 90.6 Å². The fraction of sp³-hybridized carbons (Fsp3) is 0.286. The van der Waals surface area contributed by atoms with Gasteiger partial charge in [-0.3, -0.25) is 28.1 Å². The quantitative estimate of drug-likeness (QED) is 0.370. The Morgan fingerprint density at radius 3 is 2.32 bits per heavy atom. The van der Waals surface area contributed by atoms with Crippen molar-refractivity contribution in [1.29, 1.82) is 0 Å². The average molecular weight is 582 g/mol. The number of hydrogen-bond acceptors (Lipinski definition) is 7. The summed E-state index contributed by atoms with van der Waals surface area (Å²) < 4.78 is 43.8. The van der Waals surface area contributed by atoms with Crippen molar-refractivity contribution in [2.75, 3.05) is 15.9 Å². The first-order valence-electron chi connectivity index (χ1n) is 12.8. The van der Waals surface area contributed by atoms with E-state index < -0.39 is 38.6 Å². The maximum Gasteiger partial charge on any atom is 0.336 e. The van der Waals surface area contributed by atoms with Crippen LogP contribution in [-0.4, -0.2) is 34.3 Å². The van der Waals surface area contributed by atoms with E-state index in [1.165, 1.54) is 59.5 Å². The van der Waals surface area contributed by atoms with E-state index in [-0.39, 0.29) is 45.4 Å². The van der Waals surface area contributed by atoms with E-state index in [4.69, 9.17) is 0 Å². The van der Waals surface area contributed by atoms with Gasteiger partial charge in [0.2, 0.25) is 15.9 Å². The van der Waals surface area contributed by atoms with Gasteiger partial charge in [-0.15, -0.1) is 0 Å². The number of hydrogen-bond donors (Lipinski definition) is 1. The summed E-state index contributed by atoms with van der Waals surface area (Å²) in [6, 6.07) is 9.80. The van der Waals surface area contributed by atoms with Crippen LogP contribution in [0.1, 0.15) is 36.9 Å². The zero-order valence-electron chi connectivity index (χ0n) is 23.1. The molecule has 0 spiro atoms. The molecule has 1 aliphatic rings. The molecule has 1 fully saturated rings. The molecule has 0 aliphatic heterocycles. The van der Waals surface area contributed by atoms with Crippen molar-refractivity contribution >= 4 is 44.0 Å². The lowest BCUT2D eigenvalue weighted by molar-refractivity contribution is -0.115. The van der Waals surface area contributed by atoms with Crippen LogP contribution in [0.25, 0.3) is 16.6 Å². The molecule has 2 heterocycles. The fourth-order valence-corrected chi connectivity index (χ4v) is 6.03. The number of sulfonamides is 1. The van der Waals surface area contributed by atoms with Gasteiger partial charge < -0.3 is 5.32 Å². The van der Waals surface area contributed by atoms with Gasteiger partial charge in [-0.05, 0) is 62.6 Å². The van der Waals surface area contributed by atoms with Crippen molar-refractivity contribution in [3.63, 3.8) is 0 Å². The number of rotatable bonds is 6. The fourth-order valence-electron chi connectivity index (χ4n) is 5.07. The number of anilines is 3. The minimum absolute atomic E-state index is 0.0100. The van der Waals surface area contributed by atoms with Crippen LogP contribution < -0.4 is 26.4 Å². The zero-order chi connectivity index (χ0) is 30.0. The molecule has 4 aromatic rings. The van der Waals surface area contributed by atoms with Gasteiger partial charge in [-0.2, -0.15) is 0 Å². The number of halogens is 1. The second-order valence-corrected chi connectivity index (χ2v) is 12.1. The Morgan fingerprint density at radius 1 is 1.05 bits per heavy atom. The molecule has 5 rings (SSSR count). The monoisotopic (exact) mass is 581 g/mol. The molecular weight excluding hydrogens is 553 g/mol. The Hall–Kier alpha value is -4.52. The molecule has 13 heteroatoms. The number of benzene rings is 2. The van der Waals surface area contributed by atoms with Crippen molar-refractivity contribution in [2.45, 2.75) is 39.7 Å². The molecule has 0 saturated heterocycles. The highest BCUT2D eigenvalue weighted by Gasteiger charge is 2.32. The Balaban J connectivity index is 1.91. The molecule has 0 unspecified atom stereocenters. The first-order chi connectivity index (χ1) is 19.2. The molecule has 2 aromatic carbocycles. The Labute approximate surface area is 234 Å². The Kier molecular flexibility index (Phi) is 6.72. The number of aryl methyl sites for hydroxylation is 2. The van der Waals surface area contributed by atoms with Crippen LogP contribution >= 0.6 is 0 Å². The maximum atomic E-state index is 14.9. The van der Waals surface area contributed by atoms with Gasteiger partial charge >= 0.3 is 5.69 Å². The van der Waals surface area contributed by atoms with Crippen LogP contribution in [0.5, 0.6) is 0 Å². The van der Waals surface area contributed by atoms with Gasteiger partial charge in [0.25, 0.3) is 11.1 Å². The molecular formula is C28H28FN5O6S. The predicted molar refractivity (Wildman–Crippen MR) is 154 cm³/mol. The molecule has 11 nitrogen and oxygen atoms in total. The molecule has 1 saturated carbocycles. The molecule has 1 aliphatic carbocycles. The molecule has 1 amide bonds. The summed E-state index contributed by atoms with van der Waals surface area (Å²) in [4.78, 5) is 53.6. The molecule has 0 bridgehead atoms. The number of amides is 1. The summed E-state index contributed by atoms with van der Waals surface area (Å²) in [5, 5.41) is 2.88. The summed E-state index contributed by atoms with van der Waals surface area (Å²) in [7, 11) is -2.57. The molecule has 41 heavy (non-hydrogen) atoms. The van der Waals surface area contributed by atoms with Crippen LogP contribution in [0.2, 0.25) is 0 Å². The van der Waals surface area contributed by atoms with E-state index in [0.29, 0.717) is 22.7 Å². The normalized spacial score (nSPS) is 13.4. The van der Waals surface area contributed by atoms with Crippen LogP contribution in [0.15, 0.2) is 56.8 Å². The predicted octanol–water partition coefficient (Wildman–Crippen LogP) is 3.00. The Morgan fingerprint density at radius 2 is 1.73 bits per heavy atom. The lowest BCUT2D eigenvalue weighted by Gasteiger charge is -2.22.